The van der Waals surface area contributed by atoms with Crippen LogP contribution in [-0.2, 0) is 16.4 Å². The summed E-state index contributed by atoms with van der Waals surface area (Å²) < 4.78 is 27.7. The van der Waals surface area contributed by atoms with Crippen LogP contribution in [0.2, 0.25) is 0 Å². The van der Waals surface area contributed by atoms with Crippen LogP contribution < -0.4 is 4.72 Å². The monoisotopic (exact) mass is 366 g/mol. The normalized spacial score (nSPS) is 11.9. The van der Waals surface area contributed by atoms with Crippen molar-refractivity contribution in [3.05, 3.63) is 32.0 Å². The molecule has 0 radical (unpaired) electrons. The van der Waals surface area contributed by atoms with Gasteiger partial charge in [0.05, 0.1) is 8.79 Å². The van der Waals surface area contributed by atoms with Crippen LogP contribution in [0.15, 0.2) is 25.6 Å². The Morgan fingerprint density at radius 2 is 2.28 bits per heavy atom. The van der Waals surface area contributed by atoms with Gasteiger partial charge in [0.2, 0.25) is 10.0 Å². The van der Waals surface area contributed by atoms with E-state index in [1.54, 1.807) is 12.3 Å². The number of halogens is 1. The van der Waals surface area contributed by atoms with Crippen molar-refractivity contribution in [2.24, 2.45) is 0 Å². The molecule has 2 heterocycles. The SMILES string of the molecule is Cc1cc(S(=O)(=O)NCCc2nccs2)sc1Br. The summed E-state index contributed by atoms with van der Waals surface area (Å²) in [6.07, 6.45) is 2.33. The van der Waals surface area contributed by atoms with Crippen LogP contribution in [0.1, 0.15) is 10.6 Å². The van der Waals surface area contributed by atoms with Crippen LogP contribution in [0.25, 0.3) is 0 Å². The molecule has 0 aliphatic heterocycles. The zero-order chi connectivity index (χ0) is 13.2. The third-order valence-corrected chi connectivity index (χ3v) is 7.12. The zero-order valence-electron chi connectivity index (χ0n) is 9.51. The number of rotatable bonds is 5. The lowest BCUT2D eigenvalue weighted by Gasteiger charge is -2.02. The maximum absolute atomic E-state index is 12.0. The van der Waals surface area contributed by atoms with Crippen molar-refractivity contribution in [2.75, 3.05) is 6.54 Å². The quantitative estimate of drug-likeness (QED) is 0.884. The molecule has 0 amide bonds. The van der Waals surface area contributed by atoms with Crippen molar-refractivity contribution >= 4 is 48.6 Å². The predicted molar refractivity (Wildman–Crippen MR) is 77.8 cm³/mol. The summed E-state index contributed by atoms with van der Waals surface area (Å²) >= 11 is 6.07. The number of aryl methyl sites for hydroxylation is 1. The Morgan fingerprint density at radius 1 is 1.50 bits per heavy atom. The number of aromatic nitrogens is 1. The Labute approximate surface area is 122 Å². The highest BCUT2D eigenvalue weighted by molar-refractivity contribution is 9.11. The molecule has 0 unspecified atom stereocenters. The summed E-state index contributed by atoms with van der Waals surface area (Å²) in [7, 11) is -3.40. The van der Waals surface area contributed by atoms with E-state index in [4.69, 9.17) is 0 Å². The molecule has 0 bridgehead atoms. The molecule has 0 saturated heterocycles. The summed E-state index contributed by atoms with van der Waals surface area (Å²) in [4.78, 5) is 4.11. The van der Waals surface area contributed by atoms with Crippen molar-refractivity contribution in [2.45, 2.75) is 17.6 Å². The predicted octanol–water partition coefficient (Wildman–Crippen LogP) is 2.80. The van der Waals surface area contributed by atoms with E-state index in [0.717, 1.165) is 14.4 Å². The molecular weight excluding hydrogens is 356 g/mol. The largest absolute Gasteiger partial charge is 0.250 e. The number of thiazole rings is 1. The molecule has 98 valence electrons. The number of sulfonamides is 1. The van der Waals surface area contributed by atoms with Crippen molar-refractivity contribution < 1.29 is 8.42 Å². The molecule has 8 heteroatoms. The van der Waals surface area contributed by atoms with E-state index < -0.39 is 10.0 Å². The first-order chi connectivity index (χ1) is 8.49. The zero-order valence-corrected chi connectivity index (χ0v) is 13.5. The van der Waals surface area contributed by atoms with E-state index >= 15 is 0 Å². The molecule has 0 aliphatic carbocycles. The molecule has 4 nitrogen and oxygen atoms in total. The highest BCUT2D eigenvalue weighted by Crippen LogP contribution is 2.30. The molecule has 0 aromatic carbocycles. The second-order valence-electron chi connectivity index (χ2n) is 3.60. The molecule has 1 N–H and O–H groups in total. The maximum atomic E-state index is 12.0. The van der Waals surface area contributed by atoms with Crippen LogP contribution >= 0.6 is 38.6 Å². The van der Waals surface area contributed by atoms with E-state index in [-0.39, 0.29) is 0 Å². The topological polar surface area (TPSA) is 59.1 Å². The summed E-state index contributed by atoms with van der Waals surface area (Å²) in [5.41, 5.74) is 0.931. The third kappa shape index (κ3) is 3.39. The van der Waals surface area contributed by atoms with Gasteiger partial charge in [-0.25, -0.2) is 18.1 Å². The van der Waals surface area contributed by atoms with Crippen molar-refractivity contribution in [1.29, 1.82) is 0 Å². The Morgan fingerprint density at radius 3 is 2.83 bits per heavy atom. The molecular formula is C10H11BrN2O2S3. The highest BCUT2D eigenvalue weighted by Gasteiger charge is 2.17. The minimum Gasteiger partial charge on any atom is -0.250 e. The van der Waals surface area contributed by atoms with Crippen molar-refractivity contribution in [3.8, 4) is 0 Å². The van der Waals surface area contributed by atoms with Gasteiger partial charge in [0, 0.05) is 24.5 Å². The van der Waals surface area contributed by atoms with Gasteiger partial charge in [-0.2, -0.15) is 0 Å². The Hall–Kier alpha value is -0.280. The van der Waals surface area contributed by atoms with Gasteiger partial charge < -0.3 is 0 Å². The minimum absolute atomic E-state index is 0.339. The van der Waals surface area contributed by atoms with E-state index in [1.165, 1.54) is 22.7 Å². The lowest BCUT2D eigenvalue weighted by Crippen LogP contribution is -2.25. The minimum atomic E-state index is -3.40. The average molecular weight is 367 g/mol. The van der Waals surface area contributed by atoms with E-state index in [2.05, 4.69) is 25.6 Å². The number of nitrogens with one attached hydrogen (secondary N) is 1. The number of nitrogens with zero attached hydrogens (tertiary/aromatic N) is 1. The molecule has 0 saturated carbocycles. The number of hydrogen-bond donors (Lipinski definition) is 1. The molecule has 0 fully saturated rings. The lowest BCUT2D eigenvalue weighted by molar-refractivity contribution is 0.583. The van der Waals surface area contributed by atoms with E-state index in [9.17, 15) is 8.42 Å². The maximum Gasteiger partial charge on any atom is 0.250 e. The summed E-state index contributed by atoms with van der Waals surface area (Å²) in [6, 6.07) is 1.67. The second kappa shape index (κ2) is 5.79. The third-order valence-electron chi connectivity index (χ3n) is 2.21. The first kappa shape index (κ1) is 14.1. The first-order valence-corrected chi connectivity index (χ1v) is 9.10. The van der Waals surface area contributed by atoms with Gasteiger partial charge in [-0.15, -0.1) is 22.7 Å². The molecule has 0 atom stereocenters. The van der Waals surface area contributed by atoms with Gasteiger partial charge in [-0.3, -0.25) is 0 Å². The lowest BCUT2D eigenvalue weighted by atomic mass is 10.4. The van der Waals surface area contributed by atoms with Crippen molar-refractivity contribution in [1.82, 2.24) is 9.71 Å². The van der Waals surface area contributed by atoms with Gasteiger partial charge in [-0.05, 0) is 34.5 Å². The summed E-state index contributed by atoms with van der Waals surface area (Å²) in [5, 5.41) is 2.81. The second-order valence-corrected chi connectivity index (χ2v) is 8.94. The van der Waals surface area contributed by atoms with Gasteiger partial charge in [0.15, 0.2) is 0 Å². The smallest absolute Gasteiger partial charge is 0.250 e. The van der Waals surface area contributed by atoms with Gasteiger partial charge in [0.1, 0.15) is 4.21 Å². The van der Waals surface area contributed by atoms with Crippen LogP contribution in [0.4, 0.5) is 0 Å². The molecule has 0 aliphatic rings. The van der Waals surface area contributed by atoms with Crippen LogP contribution in [0.3, 0.4) is 0 Å². The van der Waals surface area contributed by atoms with Crippen molar-refractivity contribution in [3.63, 3.8) is 0 Å². The van der Waals surface area contributed by atoms with Gasteiger partial charge in [-0.1, -0.05) is 0 Å². The molecule has 0 spiro atoms. The average Bonchev–Trinajstić information content (AvgIpc) is 2.90. The Balaban J connectivity index is 1.99. The van der Waals surface area contributed by atoms with Crippen LogP contribution in [-0.4, -0.2) is 19.9 Å². The number of thiophene rings is 1. The molecule has 2 rings (SSSR count). The van der Waals surface area contributed by atoms with E-state index in [0.29, 0.717) is 17.2 Å². The molecule has 2 aromatic heterocycles. The fourth-order valence-electron chi connectivity index (χ4n) is 1.30. The van der Waals surface area contributed by atoms with E-state index in [1.807, 2.05) is 12.3 Å². The van der Waals surface area contributed by atoms with Gasteiger partial charge in [0.25, 0.3) is 0 Å². The Bertz CT molecular complexity index is 600. The summed E-state index contributed by atoms with van der Waals surface area (Å²) in [5.74, 6) is 0. The highest BCUT2D eigenvalue weighted by atomic mass is 79.9. The first-order valence-electron chi connectivity index (χ1n) is 5.13. The van der Waals surface area contributed by atoms with Crippen LogP contribution in [0, 0.1) is 6.92 Å². The van der Waals surface area contributed by atoms with Crippen LogP contribution in [0.5, 0.6) is 0 Å². The van der Waals surface area contributed by atoms with Gasteiger partial charge >= 0.3 is 0 Å². The summed E-state index contributed by atoms with van der Waals surface area (Å²) in [6.45, 7) is 2.24. The molecule has 18 heavy (non-hydrogen) atoms. The Kier molecular flexibility index (Phi) is 4.54. The number of hydrogen-bond acceptors (Lipinski definition) is 5. The standard InChI is InChI=1S/C10H11BrN2O2S3/c1-7-6-9(17-10(7)11)18(14,15)13-3-2-8-12-4-5-16-8/h4-6,13H,2-3H2,1H3. The fraction of sp³-hybridized carbons (Fsp3) is 0.300. The fourth-order valence-corrected chi connectivity index (χ4v) is 5.23. The molecule has 2 aromatic rings.